The lowest BCUT2D eigenvalue weighted by molar-refractivity contribution is 0.449. The van der Waals surface area contributed by atoms with Crippen molar-refractivity contribution in [3.8, 4) is 0 Å². The van der Waals surface area contributed by atoms with Gasteiger partial charge in [-0.1, -0.05) is 12.1 Å². The lowest BCUT2D eigenvalue weighted by atomic mass is 9.98. The second-order valence-electron chi connectivity index (χ2n) is 7.13. The summed E-state index contributed by atoms with van der Waals surface area (Å²) in [5, 5.41) is 0. The Hall–Kier alpha value is -1.18. The minimum absolute atomic E-state index is 0.181. The van der Waals surface area contributed by atoms with E-state index in [9.17, 15) is 0 Å². The molecule has 0 saturated heterocycles. The molecule has 0 aliphatic carbocycles. The van der Waals surface area contributed by atoms with Crippen molar-refractivity contribution in [2.45, 2.75) is 52.6 Å². The Bertz CT molecular complexity index is 382. The summed E-state index contributed by atoms with van der Waals surface area (Å²) in [4.78, 5) is 5.04. The third kappa shape index (κ3) is 2.33. The van der Waals surface area contributed by atoms with E-state index in [0.29, 0.717) is 0 Å². The highest BCUT2D eigenvalue weighted by atomic mass is 15.3. The summed E-state index contributed by atoms with van der Waals surface area (Å²) in [6, 6.07) is 8.78. The number of nitrogens with zero attached hydrogens (tertiary/aromatic N) is 2. The lowest BCUT2D eigenvalue weighted by Crippen LogP contribution is -2.54. The summed E-state index contributed by atoms with van der Waals surface area (Å²) in [6.07, 6.45) is 0. The van der Waals surface area contributed by atoms with Crippen LogP contribution in [0.15, 0.2) is 24.3 Å². The van der Waals surface area contributed by atoms with Crippen LogP contribution in [0, 0.1) is 0 Å². The molecule has 2 rings (SSSR count). The molecule has 0 amide bonds. The smallest absolute Gasteiger partial charge is 0.0609 e. The molecule has 18 heavy (non-hydrogen) atoms. The summed E-state index contributed by atoms with van der Waals surface area (Å²) in [5.74, 6) is 0. The molecule has 1 aliphatic rings. The second kappa shape index (κ2) is 4.18. The van der Waals surface area contributed by atoms with Gasteiger partial charge in [0.15, 0.2) is 0 Å². The zero-order valence-electron chi connectivity index (χ0n) is 12.6. The van der Waals surface area contributed by atoms with Crippen molar-refractivity contribution < 1.29 is 0 Å². The molecule has 0 spiro atoms. The van der Waals surface area contributed by atoms with E-state index in [4.69, 9.17) is 0 Å². The van der Waals surface area contributed by atoms with Crippen LogP contribution in [0.25, 0.3) is 0 Å². The summed E-state index contributed by atoms with van der Waals surface area (Å²) in [5.41, 5.74) is 3.09. The molecule has 0 atom stereocenters. The summed E-state index contributed by atoms with van der Waals surface area (Å²) in [7, 11) is 0. The first kappa shape index (κ1) is 13.3. The van der Waals surface area contributed by atoms with Gasteiger partial charge in [0.2, 0.25) is 0 Å². The third-order valence-corrected chi connectivity index (χ3v) is 3.63. The maximum Gasteiger partial charge on any atom is 0.0609 e. The van der Waals surface area contributed by atoms with Gasteiger partial charge in [-0.3, -0.25) is 0 Å². The Balaban J connectivity index is 2.47. The topological polar surface area (TPSA) is 6.48 Å². The molecular weight excluding hydrogens is 220 g/mol. The minimum Gasteiger partial charge on any atom is -0.363 e. The van der Waals surface area contributed by atoms with Gasteiger partial charge in [0, 0.05) is 24.2 Å². The Morgan fingerprint density at radius 2 is 1.06 bits per heavy atom. The van der Waals surface area contributed by atoms with Gasteiger partial charge in [-0.15, -0.1) is 0 Å². The molecule has 1 aliphatic heterocycles. The van der Waals surface area contributed by atoms with Crippen molar-refractivity contribution in [2.75, 3.05) is 22.9 Å². The minimum atomic E-state index is 0.181. The normalized spacial score (nSPS) is 16.8. The van der Waals surface area contributed by atoms with E-state index in [-0.39, 0.29) is 11.1 Å². The van der Waals surface area contributed by atoms with Crippen LogP contribution < -0.4 is 9.80 Å². The van der Waals surface area contributed by atoms with E-state index in [1.54, 1.807) is 0 Å². The molecule has 0 fully saturated rings. The molecule has 0 saturated carbocycles. The maximum absolute atomic E-state index is 2.52. The average molecular weight is 246 g/mol. The first-order valence-corrected chi connectivity index (χ1v) is 6.85. The van der Waals surface area contributed by atoms with Crippen molar-refractivity contribution >= 4 is 11.4 Å². The molecule has 0 N–H and O–H groups in total. The molecule has 0 aromatic heterocycles. The first-order chi connectivity index (χ1) is 8.21. The van der Waals surface area contributed by atoms with E-state index < -0.39 is 0 Å². The number of benzene rings is 1. The van der Waals surface area contributed by atoms with Crippen LogP contribution in [0.3, 0.4) is 0 Å². The molecule has 2 nitrogen and oxygen atoms in total. The van der Waals surface area contributed by atoms with Gasteiger partial charge in [0.05, 0.1) is 11.4 Å². The van der Waals surface area contributed by atoms with Crippen LogP contribution in [-0.4, -0.2) is 24.2 Å². The average Bonchev–Trinajstić information content (AvgIpc) is 2.24. The summed E-state index contributed by atoms with van der Waals surface area (Å²) in [6.45, 7) is 15.9. The lowest BCUT2D eigenvalue weighted by Gasteiger charge is -2.49. The van der Waals surface area contributed by atoms with E-state index in [1.807, 2.05) is 0 Å². The van der Waals surface area contributed by atoms with Crippen LogP contribution in [0.4, 0.5) is 11.4 Å². The van der Waals surface area contributed by atoms with Crippen molar-refractivity contribution in [1.82, 2.24) is 0 Å². The number of rotatable bonds is 0. The van der Waals surface area contributed by atoms with Gasteiger partial charge < -0.3 is 9.80 Å². The van der Waals surface area contributed by atoms with Gasteiger partial charge in [-0.25, -0.2) is 0 Å². The molecule has 0 unspecified atom stereocenters. The molecule has 100 valence electrons. The Morgan fingerprint density at radius 3 is 1.33 bits per heavy atom. The molecule has 2 heteroatoms. The van der Waals surface area contributed by atoms with Crippen LogP contribution in [0.1, 0.15) is 41.5 Å². The zero-order valence-corrected chi connectivity index (χ0v) is 12.6. The van der Waals surface area contributed by atoms with Crippen LogP contribution >= 0.6 is 0 Å². The summed E-state index contributed by atoms with van der Waals surface area (Å²) < 4.78 is 0. The van der Waals surface area contributed by atoms with Gasteiger partial charge in [0.1, 0.15) is 0 Å². The van der Waals surface area contributed by atoms with E-state index >= 15 is 0 Å². The fourth-order valence-corrected chi connectivity index (χ4v) is 2.76. The van der Waals surface area contributed by atoms with Crippen molar-refractivity contribution in [1.29, 1.82) is 0 Å². The number of para-hydroxylation sites is 2. The molecule has 0 bridgehead atoms. The molecule has 1 aromatic carbocycles. The van der Waals surface area contributed by atoms with Gasteiger partial charge in [0.25, 0.3) is 0 Å². The van der Waals surface area contributed by atoms with Crippen molar-refractivity contribution in [3.63, 3.8) is 0 Å². The second-order valence-corrected chi connectivity index (χ2v) is 7.13. The van der Waals surface area contributed by atoms with E-state index in [2.05, 4.69) is 75.6 Å². The Morgan fingerprint density at radius 1 is 0.722 bits per heavy atom. The fourth-order valence-electron chi connectivity index (χ4n) is 2.76. The molecule has 1 aromatic rings. The standard InChI is InChI=1S/C16H26N2/c1-15(2,3)17-11-12-18(16(4,5)6)14-10-8-7-9-13(14)17/h7-10H,11-12H2,1-6H3. The highest BCUT2D eigenvalue weighted by molar-refractivity contribution is 5.75. The number of hydrogen-bond acceptors (Lipinski definition) is 2. The zero-order chi connectivity index (χ0) is 13.6. The van der Waals surface area contributed by atoms with Crippen LogP contribution in [0.2, 0.25) is 0 Å². The summed E-state index contributed by atoms with van der Waals surface area (Å²) >= 11 is 0. The van der Waals surface area contributed by atoms with Gasteiger partial charge in [-0.05, 0) is 53.7 Å². The highest BCUT2D eigenvalue weighted by Crippen LogP contribution is 2.39. The first-order valence-electron chi connectivity index (χ1n) is 6.85. The third-order valence-electron chi connectivity index (χ3n) is 3.63. The monoisotopic (exact) mass is 246 g/mol. The Labute approximate surface area is 112 Å². The van der Waals surface area contributed by atoms with Crippen molar-refractivity contribution in [2.24, 2.45) is 0 Å². The number of anilines is 2. The number of hydrogen-bond donors (Lipinski definition) is 0. The Kier molecular flexibility index (Phi) is 3.08. The number of fused-ring (bicyclic) bond motifs is 1. The highest BCUT2D eigenvalue weighted by Gasteiger charge is 2.33. The van der Waals surface area contributed by atoms with E-state index in [1.165, 1.54) is 11.4 Å². The van der Waals surface area contributed by atoms with Crippen LogP contribution in [-0.2, 0) is 0 Å². The van der Waals surface area contributed by atoms with E-state index in [0.717, 1.165) is 13.1 Å². The molecular formula is C16H26N2. The van der Waals surface area contributed by atoms with Gasteiger partial charge >= 0.3 is 0 Å². The van der Waals surface area contributed by atoms with Crippen LogP contribution in [0.5, 0.6) is 0 Å². The molecule has 1 heterocycles. The fraction of sp³-hybridized carbons (Fsp3) is 0.625. The predicted molar refractivity (Wildman–Crippen MR) is 80.6 cm³/mol. The SMILES string of the molecule is CC(C)(C)N1CCN(C(C)(C)C)c2ccccc21. The van der Waals surface area contributed by atoms with Gasteiger partial charge in [-0.2, -0.15) is 0 Å². The maximum atomic E-state index is 2.52. The molecule has 0 radical (unpaired) electrons. The largest absolute Gasteiger partial charge is 0.363 e. The quantitative estimate of drug-likeness (QED) is 0.685. The van der Waals surface area contributed by atoms with Crippen molar-refractivity contribution in [3.05, 3.63) is 24.3 Å². The predicted octanol–water partition coefficient (Wildman–Crippen LogP) is 3.91.